The molecule has 0 saturated carbocycles. The Kier molecular flexibility index (Phi) is 5.37. The van der Waals surface area contributed by atoms with Crippen molar-refractivity contribution in [2.45, 2.75) is 38.6 Å². The quantitative estimate of drug-likeness (QED) is 0.734. The highest BCUT2D eigenvalue weighted by atomic mass is 35.5. The third-order valence-corrected chi connectivity index (χ3v) is 5.18. The van der Waals surface area contributed by atoms with Gasteiger partial charge in [0, 0.05) is 11.6 Å². The molecule has 1 atom stereocenters. The minimum atomic E-state index is 0.182. The maximum Gasteiger partial charge on any atom is 0.0992 e. The van der Waals surface area contributed by atoms with E-state index in [1.807, 2.05) is 13.1 Å². The van der Waals surface area contributed by atoms with Gasteiger partial charge in [0.15, 0.2) is 0 Å². The van der Waals surface area contributed by atoms with Crippen LogP contribution in [-0.2, 0) is 11.8 Å². The first-order valence-electron chi connectivity index (χ1n) is 7.02. The maximum atomic E-state index is 6.26. The van der Waals surface area contributed by atoms with Crippen molar-refractivity contribution in [1.82, 2.24) is 5.32 Å². The van der Waals surface area contributed by atoms with E-state index in [-0.39, 0.29) is 11.5 Å². The molecule has 0 radical (unpaired) electrons. The second kappa shape index (κ2) is 6.70. The second-order valence-corrected chi connectivity index (χ2v) is 8.56. The molecule has 0 aliphatic heterocycles. The van der Waals surface area contributed by atoms with Crippen molar-refractivity contribution >= 4 is 34.5 Å². The van der Waals surface area contributed by atoms with Crippen molar-refractivity contribution in [3.8, 4) is 0 Å². The Morgan fingerprint density at radius 2 is 1.76 bits per heavy atom. The van der Waals surface area contributed by atoms with Gasteiger partial charge in [-0.2, -0.15) is 0 Å². The number of nitrogens with one attached hydrogen (secondary N) is 1. The van der Waals surface area contributed by atoms with E-state index in [1.165, 1.54) is 22.5 Å². The van der Waals surface area contributed by atoms with Crippen molar-refractivity contribution in [3.05, 3.63) is 55.7 Å². The Morgan fingerprint density at radius 1 is 1.14 bits per heavy atom. The van der Waals surface area contributed by atoms with Crippen LogP contribution in [0.4, 0.5) is 0 Å². The van der Waals surface area contributed by atoms with Crippen molar-refractivity contribution in [1.29, 1.82) is 0 Å². The highest BCUT2D eigenvalue weighted by Gasteiger charge is 2.17. The Bertz CT molecular complexity index is 596. The average molecular weight is 342 g/mol. The molecule has 2 aromatic rings. The van der Waals surface area contributed by atoms with E-state index < -0.39 is 0 Å². The number of rotatable bonds is 4. The van der Waals surface area contributed by atoms with Gasteiger partial charge in [-0.05, 0) is 36.1 Å². The number of thiophene rings is 1. The first-order valence-corrected chi connectivity index (χ1v) is 8.60. The van der Waals surface area contributed by atoms with Gasteiger partial charge < -0.3 is 5.32 Å². The van der Waals surface area contributed by atoms with Crippen molar-refractivity contribution < 1.29 is 0 Å². The molecule has 1 heterocycles. The van der Waals surface area contributed by atoms with Gasteiger partial charge in [-0.1, -0.05) is 68.2 Å². The summed E-state index contributed by atoms with van der Waals surface area (Å²) in [6.07, 6.45) is 0.897. The largest absolute Gasteiger partial charge is 0.313 e. The number of hydrogen-bond donors (Lipinski definition) is 1. The molecule has 0 aliphatic carbocycles. The van der Waals surface area contributed by atoms with E-state index >= 15 is 0 Å². The Labute approximate surface area is 141 Å². The molecular weight excluding hydrogens is 321 g/mol. The van der Waals surface area contributed by atoms with Crippen LogP contribution in [0, 0.1) is 0 Å². The topological polar surface area (TPSA) is 12.0 Å². The van der Waals surface area contributed by atoms with Crippen LogP contribution in [0.3, 0.4) is 0 Å². The number of hydrogen-bond acceptors (Lipinski definition) is 2. The summed E-state index contributed by atoms with van der Waals surface area (Å²) in [5.74, 6) is 0. The van der Waals surface area contributed by atoms with Gasteiger partial charge in [-0.25, -0.2) is 0 Å². The summed E-state index contributed by atoms with van der Waals surface area (Å²) in [6.45, 7) is 6.68. The van der Waals surface area contributed by atoms with Crippen LogP contribution < -0.4 is 5.32 Å². The fraction of sp³-hybridized carbons (Fsp3) is 0.412. The van der Waals surface area contributed by atoms with Crippen LogP contribution in [0.25, 0.3) is 0 Å². The van der Waals surface area contributed by atoms with Crippen molar-refractivity contribution in [3.63, 3.8) is 0 Å². The average Bonchev–Trinajstić information content (AvgIpc) is 2.74. The molecule has 0 saturated heterocycles. The standard InChI is InChI=1S/C17H21Cl2NS/c1-17(2,3)12-7-5-11(6-8-12)9-14(20-4)13-10-15(18)21-16(13)19/h5-8,10,14,20H,9H2,1-4H3. The predicted molar refractivity (Wildman–Crippen MR) is 95.0 cm³/mol. The zero-order valence-corrected chi connectivity index (χ0v) is 15.2. The van der Waals surface area contributed by atoms with E-state index in [2.05, 4.69) is 50.4 Å². The van der Waals surface area contributed by atoms with E-state index in [9.17, 15) is 0 Å². The van der Waals surface area contributed by atoms with E-state index in [4.69, 9.17) is 23.2 Å². The molecule has 1 nitrogen and oxygen atoms in total. The fourth-order valence-corrected chi connectivity index (χ4v) is 3.91. The third kappa shape index (κ3) is 4.23. The first-order chi connectivity index (χ1) is 9.81. The molecule has 4 heteroatoms. The summed E-state index contributed by atoms with van der Waals surface area (Å²) in [4.78, 5) is 0. The molecule has 21 heavy (non-hydrogen) atoms. The number of benzene rings is 1. The zero-order chi connectivity index (χ0) is 15.6. The lowest BCUT2D eigenvalue weighted by Crippen LogP contribution is -2.18. The first kappa shape index (κ1) is 16.8. The van der Waals surface area contributed by atoms with E-state index in [0.29, 0.717) is 0 Å². The van der Waals surface area contributed by atoms with Crippen LogP contribution in [0.2, 0.25) is 8.67 Å². The van der Waals surface area contributed by atoms with Crippen LogP contribution in [0.15, 0.2) is 30.3 Å². The number of halogens is 2. The van der Waals surface area contributed by atoms with Crippen LogP contribution in [0.5, 0.6) is 0 Å². The molecule has 1 aromatic carbocycles. The van der Waals surface area contributed by atoms with Crippen molar-refractivity contribution in [2.24, 2.45) is 0 Å². The van der Waals surface area contributed by atoms with Gasteiger partial charge in [0.25, 0.3) is 0 Å². The molecular formula is C17H21Cl2NS. The molecule has 0 amide bonds. The summed E-state index contributed by atoms with van der Waals surface area (Å²) in [5, 5.41) is 3.33. The molecule has 1 N–H and O–H groups in total. The normalized spacial score (nSPS) is 13.4. The lowest BCUT2D eigenvalue weighted by Gasteiger charge is -2.20. The molecule has 1 unspecified atom stereocenters. The van der Waals surface area contributed by atoms with E-state index in [0.717, 1.165) is 20.7 Å². The lowest BCUT2D eigenvalue weighted by atomic mass is 9.86. The molecule has 0 bridgehead atoms. The van der Waals surface area contributed by atoms with Crippen molar-refractivity contribution in [2.75, 3.05) is 7.05 Å². The Morgan fingerprint density at radius 3 is 2.19 bits per heavy atom. The lowest BCUT2D eigenvalue weighted by molar-refractivity contribution is 0.584. The smallest absolute Gasteiger partial charge is 0.0992 e. The zero-order valence-electron chi connectivity index (χ0n) is 12.8. The summed E-state index contributed by atoms with van der Waals surface area (Å²) in [5.41, 5.74) is 3.91. The van der Waals surface area contributed by atoms with Gasteiger partial charge in [-0.15, -0.1) is 11.3 Å². The van der Waals surface area contributed by atoms with Gasteiger partial charge in [0.1, 0.15) is 0 Å². The second-order valence-electron chi connectivity index (χ2n) is 6.27. The van der Waals surface area contributed by atoms with Gasteiger partial charge in [0.2, 0.25) is 0 Å². The molecule has 0 fully saturated rings. The summed E-state index contributed by atoms with van der Waals surface area (Å²) in [7, 11) is 1.95. The minimum Gasteiger partial charge on any atom is -0.313 e. The van der Waals surface area contributed by atoms with Crippen LogP contribution in [-0.4, -0.2) is 7.05 Å². The Hall–Kier alpha value is -0.540. The monoisotopic (exact) mass is 341 g/mol. The molecule has 114 valence electrons. The van der Waals surface area contributed by atoms with E-state index in [1.54, 1.807) is 0 Å². The van der Waals surface area contributed by atoms with Gasteiger partial charge >= 0.3 is 0 Å². The number of likely N-dealkylation sites (N-methyl/N-ethyl adjacent to an activating group) is 1. The summed E-state index contributed by atoms with van der Waals surface area (Å²) >= 11 is 13.7. The summed E-state index contributed by atoms with van der Waals surface area (Å²) in [6, 6.07) is 11.0. The molecule has 2 rings (SSSR count). The minimum absolute atomic E-state index is 0.182. The molecule has 1 aromatic heterocycles. The highest BCUT2D eigenvalue weighted by molar-refractivity contribution is 7.20. The third-order valence-electron chi connectivity index (χ3n) is 3.67. The molecule has 0 spiro atoms. The van der Waals surface area contributed by atoms with Gasteiger partial charge in [0.05, 0.1) is 8.67 Å². The highest BCUT2D eigenvalue weighted by Crippen LogP contribution is 2.36. The predicted octanol–water partition coefficient (Wildman–Crippen LogP) is 5.86. The maximum absolute atomic E-state index is 6.26. The van der Waals surface area contributed by atoms with Crippen LogP contribution >= 0.6 is 34.5 Å². The SMILES string of the molecule is CNC(Cc1ccc(C(C)(C)C)cc1)c1cc(Cl)sc1Cl. The fourth-order valence-electron chi connectivity index (χ4n) is 2.33. The van der Waals surface area contributed by atoms with Crippen LogP contribution in [0.1, 0.15) is 43.5 Å². The van der Waals surface area contributed by atoms with Gasteiger partial charge in [-0.3, -0.25) is 0 Å². The Balaban J connectivity index is 2.17. The summed E-state index contributed by atoms with van der Waals surface area (Å²) < 4.78 is 1.50. The molecule has 0 aliphatic rings.